The van der Waals surface area contributed by atoms with Crippen LogP contribution in [0.4, 0.5) is 0 Å². The maximum absolute atomic E-state index is 12.8. The van der Waals surface area contributed by atoms with Crippen molar-refractivity contribution in [1.82, 2.24) is 5.32 Å². The summed E-state index contributed by atoms with van der Waals surface area (Å²) in [6.07, 6.45) is 43.6. The fourth-order valence-electron chi connectivity index (χ4n) is 6.50. The van der Waals surface area contributed by atoms with Crippen LogP contribution in [0.25, 0.3) is 0 Å². The molecule has 8 nitrogen and oxygen atoms in total. The molecule has 0 aromatic carbocycles. The highest BCUT2D eigenvalue weighted by Crippen LogP contribution is 2.38. The molecule has 0 aliphatic rings. The molecule has 0 aromatic rings. The van der Waals surface area contributed by atoms with Crippen molar-refractivity contribution in [1.29, 1.82) is 0 Å². The number of phosphoric ester groups is 1. The summed E-state index contributed by atoms with van der Waals surface area (Å²) < 4.78 is 23.2. The zero-order chi connectivity index (χ0) is 40.0. The molecule has 0 saturated heterocycles. The van der Waals surface area contributed by atoms with E-state index in [9.17, 15) is 19.4 Å². The number of carbonyl (C=O) groups excluding carboxylic acids is 1. The van der Waals surface area contributed by atoms with Crippen LogP contribution in [0.2, 0.25) is 0 Å². The number of quaternary nitrogens is 1. The third kappa shape index (κ3) is 39.2. The molecular weight excluding hydrogens is 695 g/mol. The number of unbranched alkanes of at least 4 members (excludes halogenated alkanes) is 26. The second kappa shape index (κ2) is 37.6. The minimum Gasteiger partial charge on any atom is -0.756 e. The van der Waals surface area contributed by atoms with E-state index in [1.54, 1.807) is 6.08 Å². The monoisotopic (exact) mass is 785 g/mol. The zero-order valence-corrected chi connectivity index (χ0v) is 37.1. The second-order valence-corrected chi connectivity index (χ2v) is 18.2. The van der Waals surface area contributed by atoms with Gasteiger partial charge < -0.3 is 28.8 Å². The van der Waals surface area contributed by atoms with Crippen molar-refractivity contribution in [3.8, 4) is 0 Å². The van der Waals surface area contributed by atoms with Crippen molar-refractivity contribution in [2.45, 2.75) is 219 Å². The number of nitrogens with one attached hydrogen (secondary N) is 1. The van der Waals surface area contributed by atoms with Gasteiger partial charge in [0, 0.05) is 6.42 Å². The van der Waals surface area contributed by atoms with Crippen LogP contribution in [-0.4, -0.2) is 68.5 Å². The van der Waals surface area contributed by atoms with Crippen molar-refractivity contribution >= 4 is 13.7 Å². The molecule has 0 spiro atoms. The van der Waals surface area contributed by atoms with Crippen LogP contribution in [0, 0.1) is 0 Å². The molecule has 1 amide bonds. The normalized spacial score (nSPS) is 14.6. The average Bonchev–Trinajstić information content (AvgIpc) is 3.12. The maximum Gasteiger partial charge on any atom is 0.268 e. The van der Waals surface area contributed by atoms with Crippen molar-refractivity contribution in [2.75, 3.05) is 40.9 Å². The molecule has 0 fully saturated rings. The lowest BCUT2D eigenvalue weighted by Gasteiger charge is -2.29. The van der Waals surface area contributed by atoms with Crippen LogP contribution in [0.5, 0.6) is 0 Å². The first kappa shape index (κ1) is 53.0. The molecule has 3 unspecified atom stereocenters. The average molecular weight is 785 g/mol. The van der Waals surface area contributed by atoms with E-state index in [0.29, 0.717) is 17.4 Å². The van der Waals surface area contributed by atoms with Crippen LogP contribution >= 0.6 is 7.82 Å². The Morgan fingerprint density at radius 2 is 1.02 bits per heavy atom. The molecule has 0 aromatic heterocycles. The fraction of sp³-hybridized carbons (Fsp3) is 0.889. The van der Waals surface area contributed by atoms with Gasteiger partial charge >= 0.3 is 0 Å². The first-order valence-corrected chi connectivity index (χ1v) is 24.2. The lowest BCUT2D eigenvalue weighted by molar-refractivity contribution is -0.870. The van der Waals surface area contributed by atoms with Crippen LogP contribution in [0.3, 0.4) is 0 Å². The van der Waals surface area contributed by atoms with Crippen LogP contribution in [-0.2, 0) is 18.4 Å². The van der Waals surface area contributed by atoms with E-state index in [2.05, 4.69) is 31.3 Å². The first-order chi connectivity index (χ1) is 26.0. The molecule has 2 N–H and O–H groups in total. The highest BCUT2D eigenvalue weighted by atomic mass is 31.2. The summed E-state index contributed by atoms with van der Waals surface area (Å²) in [6.45, 7) is 4.63. The smallest absolute Gasteiger partial charge is 0.268 e. The fourth-order valence-corrected chi connectivity index (χ4v) is 7.22. The molecule has 0 saturated carbocycles. The summed E-state index contributed by atoms with van der Waals surface area (Å²) in [5, 5.41) is 13.8. The molecule has 9 heteroatoms. The van der Waals surface area contributed by atoms with Crippen molar-refractivity contribution < 1.29 is 32.9 Å². The Hall–Kier alpha value is -1.02. The lowest BCUT2D eigenvalue weighted by atomic mass is 10.0. The van der Waals surface area contributed by atoms with E-state index in [4.69, 9.17) is 9.05 Å². The number of aliphatic hydroxyl groups excluding tert-OH is 1. The van der Waals surface area contributed by atoms with E-state index < -0.39 is 20.0 Å². The van der Waals surface area contributed by atoms with E-state index in [0.717, 1.165) is 51.4 Å². The Balaban J connectivity index is 4.40. The predicted octanol–water partition coefficient (Wildman–Crippen LogP) is 11.9. The molecule has 54 heavy (non-hydrogen) atoms. The quantitative estimate of drug-likeness (QED) is 0.0277. The number of hydrogen-bond donors (Lipinski definition) is 2. The predicted molar refractivity (Wildman–Crippen MR) is 228 cm³/mol. The van der Waals surface area contributed by atoms with Gasteiger partial charge in [-0.2, -0.15) is 0 Å². The number of aliphatic hydroxyl groups is 1. The van der Waals surface area contributed by atoms with Crippen LogP contribution in [0.15, 0.2) is 24.3 Å². The van der Waals surface area contributed by atoms with Crippen molar-refractivity contribution in [2.24, 2.45) is 0 Å². The highest BCUT2D eigenvalue weighted by Gasteiger charge is 2.23. The number of likely N-dealkylation sites (N-methyl/N-ethyl adjacent to an activating group) is 1. The summed E-state index contributed by atoms with van der Waals surface area (Å²) in [7, 11) is 1.26. The highest BCUT2D eigenvalue weighted by molar-refractivity contribution is 7.45. The van der Waals surface area contributed by atoms with Gasteiger partial charge in [0.2, 0.25) is 5.91 Å². The number of carbonyl (C=O) groups is 1. The summed E-state index contributed by atoms with van der Waals surface area (Å²) in [5.41, 5.74) is 0. The molecule has 320 valence electrons. The summed E-state index contributed by atoms with van der Waals surface area (Å²) >= 11 is 0. The summed E-state index contributed by atoms with van der Waals surface area (Å²) in [5.74, 6) is -0.207. The molecular formula is C45H89N2O6P. The third-order valence-corrected chi connectivity index (χ3v) is 11.1. The Labute approximate surface area is 334 Å². The summed E-state index contributed by atoms with van der Waals surface area (Å²) in [6, 6.07) is -0.887. The van der Waals surface area contributed by atoms with Gasteiger partial charge in [0.15, 0.2) is 0 Å². The number of hydrogen-bond acceptors (Lipinski definition) is 6. The first-order valence-electron chi connectivity index (χ1n) is 22.7. The van der Waals surface area contributed by atoms with Gasteiger partial charge in [-0.15, -0.1) is 0 Å². The number of rotatable bonds is 41. The minimum atomic E-state index is -4.59. The Morgan fingerprint density at radius 1 is 0.630 bits per heavy atom. The molecule has 0 aliphatic carbocycles. The third-order valence-electron chi connectivity index (χ3n) is 10.2. The van der Waals surface area contributed by atoms with Crippen LogP contribution in [0.1, 0.15) is 206 Å². The zero-order valence-electron chi connectivity index (χ0n) is 36.2. The van der Waals surface area contributed by atoms with Gasteiger partial charge in [0.1, 0.15) is 13.2 Å². The molecule has 3 atom stereocenters. The SMILES string of the molecule is CCCCCC/C=C\CCCCCCCC(=O)NC(COP(=O)([O-])OCC[N+](C)(C)C)C(O)/C=C/CCCCCCCCCCCCCCCCCCC. The van der Waals surface area contributed by atoms with E-state index in [1.165, 1.54) is 135 Å². The Bertz CT molecular complexity index is 938. The number of nitrogens with zero attached hydrogens (tertiary/aromatic N) is 1. The Kier molecular flexibility index (Phi) is 36.8. The number of phosphoric acid groups is 1. The van der Waals surface area contributed by atoms with Gasteiger partial charge in [-0.3, -0.25) is 9.36 Å². The topological polar surface area (TPSA) is 108 Å². The maximum atomic E-state index is 12.8. The van der Waals surface area contributed by atoms with Crippen LogP contribution < -0.4 is 10.2 Å². The molecule has 0 bridgehead atoms. The van der Waals surface area contributed by atoms with Gasteiger partial charge in [-0.25, -0.2) is 0 Å². The van der Waals surface area contributed by atoms with E-state index in [-0.39, 0.29) is 19.1 Å². The minimum absolute atomic E-state index is 0.00154. The number of amides is 1. The van der Waals surface area contributed by atoms with Crippen molar-refractivity contribution in [3.05, 3.63) is 24.3 Å². The standard InChI is InChI=1S/C45H89N2O6P/c1-6-8-10-12-14-16-18-20-21-22-23-24-25-27-28-30-32-34-36-38-44(48)43(42-53-54(50,51)52-41-40-47(3,4)5)46-45(49)39-37-35-33-31-29-26-19-17-15-13-11-9-7-2/h17,19,36,38,43-44,48H,6-16,18,20-35,37,39-42H2,1-5H3,(H-,46,49,50,51)/b19-17-,38-36+. The molecule has 0 rings (SSSR count). The van der Waals surface area contributed by atoms with Gasteiger partial charge in [0.05, 0.1) is 39.9 Å². The van der Waals surface area contributed by atoms with Crippen molar-refractivity contribution in [3.63, 3.8) is 0 Å². The lowest BCUT2D eigenvalue weighted by Crippen LogP contribution is -2.45. The molecule has 0 radical (unpaired) electrons. The number of allylic oxidation sites excluding steroid dienone is 3. The largest absolute Gasteiger partial charge is 0.756 e. The Morgan fingerprint density at radius 3 is 1.46 bits per heavy atom. The van der Waals surface area contributed by atoms with E-state index >= 15 is 0 Å². The second-order valence-electron chi connectivity index (χ2n) is 16.8. The summed E-state index contributed by atoms with van der Waals surface area (Å²) in [4.78, 5) is 25.3. The molecule has 0 heterocycles. The van der Waals surface area contributed by atoms with Gasteiger partial charge in [-0.1, -0.05) is 179 Å². The van der Waals surface area contributed by atoms with Gasteiger partial charge in [0.25, 0.3) is 7.82 Å². The molecule has 0 aliphatic heterocycles. The van der Waals surface area contributed by atoms with Gasteiger partial charge in [-0.05, 0) is 44.9 Å². The van der Waals surface area contributed by atoms with E-state index in [1.807, 2.05) is 27.2 Å².